The first-order chi connectivity index (χ1) is 14.1. The summed E-state index contributed by atoms with van der Waals surface area (Å²) in [6.07, 6.45) is 0.167. The lowest BCUT2D eigenvalue weighted by atomic mass is 10.0. The number of nitrogens with one attached hydrogen (secondary N) is 2. The van der Waals surface area contributed by atoms with E-state index in [2.05, 4.69) is 15.6 Å². The van der Waals surface area contributed by atoms with Gasteiger partial charge in [-0.3, -0.25) is 9.59 Å². The van der Waals surface area contributed by atoms with Crippen LogP contribution in [0.25, 0.3) is 0 Å². The van der Waals surface area contributed by atoms with E-state index in [4.69, 9.17) is 39.5 Å². The van der Waals surface area contributed by atoms with E-state index in [-0.39, 0.29) is 16.8 Å². The minimum Gasteiger partial charge on any atom is -0.451 e. The van der Waals surface area contributed by atoms with Crippen molar-refractivity contribution < 1.29 is 19.1 Å². The van der Waals surface area contributed by atoms with Crippen molar-refractivity contribution in [1.29, 1.82) is 0 Å². The Morgan fingerprint density at radius 2 is 1.63 bits per heavy atom. The molecule has 7 nitrogen and oxygen atoms in total. The highest BCUT2D eigenvalue weighted by molar-refractivity contribution is 6.36. The van der Waals surface area contributed by atoms with Gasteiger partial charge in [0.2, 0.25) is 0 Å². The van der Waals surface area contributed by atoms with Crippen LogP contribution in [0.1, 0.15) is 31.1 Å². The quantitative estimate of drug-likeness (QED) is 0.583. The van der Waals surface area contributed by atoms with E-state index in [1.807, 2.05) is 0 Å². The normalized spacial score (nSPS) is 12.8. The third-order valence-corrected chi connectivity index (χ3v) is 4.77. The lowest BCUT2D eigenvalue weighted by molar-refractivity contribution is -0.156. The number of amides is 2. The average molecular weight is 473 g/mol. The summed E-state index contributed by atoms with van der Waals surface area (Å²) in [6.45, 7) is 4.89. The highest BCUT2D eigenvalue weighted by Crippen LogP contribution is 2.22. The molecule has 1 heterocycles. The van der Waals surface area contributed by atoms with Gasteiger partial charge in [-0.15, -0.1) is 0 Å². The van der Waals surface area contributed by atoms with Crippen LogP contribution >= 0.6 is 34.8 Å². The summed E-state index contributed by atoms with van der Waals surface area (Å²) in [4.78, 5) is 41.3. The first kappa shape index (κ1) is 23.9. The van der Waals surface area contributed by atoms with Gasteiger partial charge in [0.05, 0.1) is 10.0 Å². The lowest BCUT2D eigenvalue weighted by Crippen LogP contribution is -2.47. The van der Waals surface area contributed by atoms with Gasteiger partial charge in [0, 0.05) is 16.8 Å². The Morgan fingerprint density at radius 1 is 1.00 bits per heavy atom. The Morgan fingerprint density at radius 3 is 2.20 bits per heavy atom. The molecule has 0 aliphatic rings. The fourth-order valence-corrected chi connectivity index (χ4v) is 2.90. The molecular formula is C20H20Cl3N3O4. The molecule has 2 amide bonds. The fraction of sp³-hybridized carbons (Fsp3) is 0.300. The number of anilines is 1. The maximum absolute atomic E-state index is 12.6. The van der Waals surface area contributed by atoms with E-state index in [1.54, 1.807) is 38.1 Å². The van der Waals surface area contributed by atoms with Crippen molar-refractivity contribution in [3.05, 3.63) is 57.2 Å². The number of halogens is 3. The van der Waals surface area contributed by atoms with Gasteiger partial charge >= 0.3 is 5.97 Å². The number of esters is 1. The molecule has 10 heteroatoms. The summed E-state index contributed by atoms with van der Waals surface area (Å²) in [5, 5.41) is 6.03. The second-order valence-electron chi connectivity index (χ2n) is 6.75. The van der Waals surface area contributed by atoms with Gasteiger partial charge in [-0.1, -0.05) is 48.7 Å². The van der Waals surface area contributed by atoms with Gasteiger partial charge in [-0.2, -0.15) is 0 Å². The zero-order chi connectivity index (χ0) is 22.4. The number of ether oxygens (including phenoxy) is 1. The number of nitrogens with zero attached hydrogens (tertiary/aromatic N) is 1. The Labute approximate surface area is 189 Å². The van der Waals surface area contributed by atoms with Crippen LogP contribution in [-0.4, -0.2) is 34.9 Å². The summed E-state index contributed by atoms with van der Waals surface area (Å²) in [5.41, 5.74) is 0.340. The van der Waals surface area contributed by atoms with Crippen molar-refractivity contribution in [2.24, 2.45) is 5.92 Å². The Kier molecular flexibility index (Phi) is 8.46. The van der Waals surface area contributed by atoms with Gasteiger partial charge in [-0.05, 0) is 43.2 Å². The predicted octanol–water partition coefficient (Wildman–Crippen LogP) is 4.37. The van der Waals surface area contributed by atoms with Crippen molar-refractivity contribution >= 4 is 58.4 Å². The van der Waals surface area contributed by atoms with Crippen molar-refractivity contribution in [1.82, 2.24) is 10.3 Å². The fourth-order valence-electron chi connectivity index (χ4n) is 2.35. The highest BCUT2D eigenvalue weighted by Gasteiger charge is 2.29. The molecule has 0 radical (unpaired) electrons. The molecule has 0 spiro atoms. The van der Waals surface area contributed by atoms with Crippen LogP contribution in [0, 0.1) is 5.92 Å². The molecule has 1 aromatic carbocycles. The number of carbonyl (C=O) groups excluding carboxylic acids is 3. The average Bonchev–Trinajstić information content (AvgIpc) is 2.68. The summed E-state index contributed by atoms with van der Waals surface area (Å²) < 4.78 is 5.24. The van der Waals surface area contributed by atoms with Crippen LogP contribution in [0.2, 0.25) is 15.1 Å². The smallest absolute Gasteiger partial charge is 0.329 e. The minimum atomic E-state index is -1.15. The maximum atomic E-state index is 12.6. The van der Waals surface area contributed by atoms with Crippen molar-refractivity contribution in [3.63, 3.8) is 0 Å². The first-order valence-electron chi connectivity index (χ1n) is 8.97. The van der Waals surface area contributed by atoms with Crippen molar-refractivity contribution in [3.8, 4) is 0 Å². The van der Waals surface area contributed by atoms with Crippen molar-refractivity contribution in [2.75, 3.05) is 5.32 Å². The van der Waals surface area contributed by atoms with Gasteiger partial charge in [0.25, 0.3) is 11.8 Å². The monoisotopic (exact) mass is 471 g/mol. The Bertz CT molecular complexity index is 935. The van der Waals surface area contributed by atoms with E-state index in [9.17, 15) is 14.4 Å². The molecule has 0 fully saturated rings. The number of hydrogen-bond donors (Lipinski definition) is 2. The molecule has 1 aromatic heterocycles. The number of rotatable bonds is 7. The number of benzene rings is 1. The number of pyridine rings is 1. The van der Waals surface area contributed by atoms with Crippen LogP contribution in [0.5, 0.6) is 0 Å². The molecule has 0 bridgehead atoms. The van der Waals surface area contributed by atoms with E-state index in [1.165, 1.54) is 19.2 Å². The molecule has 2 rings (SSSR count). The largest absolute Gasteiger partial charge is 0.451 e. The molecule has 2 atom stereocenters. The van der Waals surface area contributed by atoms with Crippen LogP contribution in [0.3, 0.4) is 0 Å². The van der Waals surface area contributed by atoms with E-state index in [0.29, 0.717) is 15.6 Å². The van der Waals surface area contributed by atoms with Crippen LogP contribution in [-0.2, 0) is 14.3 Å². The SMILES string of the molecule is CC(OC(=O)[C@H](NC(=O)c1ccc(Cl)cc1)C(C)C)C(=O)Nc1ncc(Cl)cc1Cl. The molecular weight excluding hydrogens is 453 g/mol. The summed E-state index contributed by atoms with van der Waals surface area (Å²) in [7, 11) is 0. The Balaban J connectivity index is 2.01. The molecule has 1 unspecified atom stereocenters. The topological polar surface area (TPSA) is 97.4 Å². The maximum Gasteiger partial charge on any atom is 0.329 e. The molecule has 0 saturated heterocycles. The number of hydrogen-bond acceptors (Lipinski definition) is 5. The zero-order valence-corrected chi connectivity index (χ0v) is 18.7. The molecule has 0 aliphatic heterocycles. The predicted molar refractivity (Wildman–Crippen MR) is 116 cm³/mol. The van der Waals surface area contributed by atoms with Crippen LogP contribution in [0.15, 0.2) is 36.5 Å². The van der Waals surface area contributed by atoms with Gasteiger partial charge in [0.15, 0.2) is 11.9 Å². The van der Waals surface area contributed by atoms with Gasteiger partial charge in [0.1, 0.15) is 6.04 Å². The van der Waals surface area contributed by atoms with E-state index in [0.717, 1.165) is 0 Å². The standard InChI is InChI=1S/C20H20Cl3N3O4/c1-10(2)16(25-19(28)12-4-6-13(21)7-5-12)20(29)30-11(3)18(27)26-17-15(23)8-14(22)9-24-17/h4-11,16H,1-3H3,(H,25,28)(H,24,26,27)/t11?,16-/m1/s1. The molecule has 2 N–H and O–H groups in total. The van der Waals surface area contributed by atoms with Crippen molar-refractivity contribution in [2.45, 2.75) is 32.9 Å². The van der Waals surface area contributed by atoms with Gasteiger partial charge in [-0.25, -0.2) is 9.78 Å². The zero-order valence-electron chi connectivity index (χ0n) is 16.4. The van der Waals surface area contributed by atoms with E-state index >= 15 is 0 Å². The summed E-state index contributed by atoms with van der Waals surface area (Å²) in [6, 6.07) is 6.69. The molecule has 30 heavy (non-hydrogen) atoms. The molecule has 0 aliphatic carbocycles. The second kappa shape index (κ2) is 10.6. The van der Waals surface area contributed by atoms with E-state index < -0.39 is 29.9 Å². The third-order valence-electron chi connectivity index (χ3n) is 4.03. The minimum absolute atomic E-state index is 0.0883. The second-order valence-corrected chi connectivity index (χ2v) is 8.03. The number of carbonyl (C=O) groups is 3. The highest BCUT2D eigenvalue weighted by atomic mass is 35.5. The number of aromatic nitrogens is 1. The van der Waals surface area contributed by atoms with Gasteiger partial charge < -0.3 is 15.4 Å². The molecule has 0 saturated carbocycles. The lowest BCUT2D eigenvalue weighted by Gasteiger charge is -2.23. The summed E-state index contributed by atoms with van der Waals surface area (Å²) >= 11 is 17.6. The van der Waals surface area contributed by atoms with Crippen LogP contribution < -0.4 is 10.6 Å². The molecule has 2 aromatic rings. The Hall–Kier alpha value is -2.35. The molecule has 160 valence electrons. The third kappa shape index (κ3) is 6.58. The van der Waals surface area contributed by atoms with Crippen LogP contribution in [0.4, 0.5) is 5.82 Å². The summed E-state index contributed by atoms with van der Waals surface area (Å²) in [5.74, 6) is -2.03. The first-order valence-corrected chi connectivity index (χ1v) is 10.1.